The molecule has 3 nitrogen and oxygen atoms in total. The maximum Gasteiger partial charge on any atom is 0.418 e. The standard InChI is InChI=1S/C12H13BrF3NO2/c1-11(2,19-3)10(18)17-9-5-4-7(13)6-8(9)12(14,15)16/h4-6H,1-3H3,(H,17,18). The van der Waals surface area contributed by atoms with Gasteiger partial charge in [-0.3, -0.25) is 4.79 Å². The molecule has 0 bridgehead atoms. The van der Waals surface area contributed by atoms with E-state index in [0.29, 0.717) is 0 Å². The fourth-order valence-corrected chi connectivity index (χ4v) is 1.59. The van der Waals surface area contributed by atoms with Gasteiger partial charge in [0.1, 0.15) is 5.60 Å². The van der Waals surface area contributed by atoms with Gasteiger partial charge in [0.15, 0.2) is 0 Å². The number of hydrogen-bond donors (Lipinski definition) is 1. The molecule has 0 spiro atoms. The first-order chi connectivity index (χ1) is 8.58. The van der Waals surface area contributed by atoms with Crippen molar-refractivity contribution >= 4 is 27.5 Å². The molecule has 106 valence electrons. The Labute approximate surface area is 117 Å². The molecule has 0 aromatic heterocycles. The van der Waals surface area contributed by atoms with E-state index in [2.05, 4.69) is 21.2 Å². The van der Waals surface area contributed by atoms with Crippen molar-refractivity contribution in [3.05, 3.63) is 28.2 Å². The molecule has 1 aromatic rings. The minimum atomic E-state index is -4.55. The number of benzene rings is 1. The van der Waals surface area contributed by atoms with Gasteiger partial charge in [0, 0.05) is 11.6 Å². The van der Waals surface area contributed by atoms with E-state index in [1.807, 2.05) is 0 Å². The van der Waals surface area contributed by atoms with E-state index in [4.69, 9.17) is 4.74 Å². The first-order valence-electron chi connectivity index (χ1n) is 5.31. The Morgan fingerprint density at radius 2 is 1.89 bits per heavy atom. The Bertz CT molecular complexity index is 486. The van der Waals surface area contributed by atoms with Gasteiger partial charge in [0.25, 0.3) is 5.91 Å². The van der Waals surface area contributed by atoms with E-state index >= 15 is 0 Å². The lowest BCUT2D eigenvalue weighted by molar-refractivity contribution is -0.137. The number of ether oxygens (including phenoxy) is 1. The van der Waals surface area contributed by atoms with Crippen molar-refractivity contribution in [1.29, 1.82) is 0 Å². The van der Waals surface area contributed by atoms with Crippen LogP contribution in [-0.4, -0.2) is 18.6 Å². The van der Waals surface area contributed by atoms with Crippen LogP contribution in [0.25, 0.3) is 0 Å². The second-order valence-electron chi connectivity index (χ2n) is 4.36. The van der Waals surface area contributed by atoms with Gasteiger partial charge in [-0.1, -0.05) is 15.9 Å². The molecule has 0 heterocycles. The van der Waals surface area contributed by atoms with Crippen LogP contribution in [0.15, 0.2) is 22.7 Å². The smallest absolute Gasteiger partial charge is 0.369 e. The summed E-state index contributed by atoms with van der Waals surface area (Å²) >= 11 is 2.97. The summed E-state index contributed by atoms with van der Waals surface area (Å²) in [4.78, 5) is 11.8. The number of amides is 1. The highest BCUT2D eigenvalue weighted by molar-refractivity contribution is 9.10. The van der Waals surface area contributed by atoms with Gasteiger partial charge in [-0.05, 0) is 32.0 Å². The lowest BCUT2D eigenvalue weighted by atomic mass is 10.1. The minimum Gasteiger partial charge on any atom is -0.369 e. The third kappa shape index (κ3) is 3.94. The molecule has 0 saturated heterocycles. The molecule has 0 aliphatic rings. The molecule has 1 rings (SSSR count). The largest absolute Gasteiger partial charge is 0.418 e. The van der Waals surface area contributed by atoms with Crippen LogP contribution in [0.3, 0.4) is 0 Å². The quantitative estimate of drug-likeness (QED) is 0.908. The number of anilines is 1. The highest BCUT2D eigenvalue weighted by Crippen LogP contribution is 2.36. The molecule has 1 aromatic carbocycles. The number of methoxy groups -OCH3 is 1. The average Bonchev–Trinajstić information content (AvgIpc) is 2.30. The minimum absolute atomic E-state index is 0.281. The lowest BCUT2D eigenvalue weighted by Gasteiger charge is -2.23. The number of alkyl halides is 3. The molecule has 0 saturated carbocycles. The van der Waals surface area contributed by atoms with Crippen LogP contribution in [0.1, 0.15) is 19.4 Å². The fourth-order valence-electron chi connectivity index (χ4n) is 1.23. The van der Waals surface area contributed by atoms with Gasteiger partial charge in [0.2, 0.25) is 0 Å². The van der Waals surface area contributed by atoms with Crippen LogP contribution < -0.4 is 5.32 Å². The SMILES string of the molecule is COC(C)(C)C(=O)Nc1ccc(Br)cc1C(F)(F)F. The van der Waals surface area contributed by atoms with Gasteiger partial charge < -0.3 is 10.1 Å². The first kappa shape index (κ1) is 16.0. The normalized spacial score (nSPS) is 12.4. The van der Waals surface area contributed by atoms with Gasteiger partial charge in [0.05, 0.1) is 11.3 Å². The van der Waals surface area contributed by atoms with Gasteiger partial charge in [-0.15, -0.1) is 0 Å². The first-order valence-corrected chi connectivity index (χ1v) is 6.10. The zero-order valence-electron chi connectivity index (χ0n) is 10.6. The predicted octanol–water partition coefficient (Wildman–Crippen LogP) is 3.83. The maximum atomic E-state index is 12.9. The molecule has 1 amide bonds. The van der Waals surface area contributed by atoms with Crippen LogP contribution in [0.2, 0.25) is 0 Å². The number of halogens is 4. The molecule has 0 aliphatic carbocycles. The third-order valence-corrected chi connectivity index (χ3v) is 3.09. The van der Waals surface area contributed by atoms with Crippen LogP contribution in [0.5, 0.6) is 0 Å². The van der Waals surface area contributed by atoms with Crippen molar-refractivity contribution in [3.8, 4) is 0 Å². The Morgan fingerprint density at radius 1 is 1.32 bits per heavy atom. The van der Waals surface area contributed by atoms with Crippen LogP contribution >= 0.6 is 15.9 Å². The summed E-state index contributed by atoms with van der Waals surface area (Å²) in [6.07, 6.45) is -4.55. The number of nitrogens with one attached hydrogen (secondary N) is 1. The Balaban J connectivity index is 3.12. The van der Waals surface area contributed by atoms with E-state index in [-0.39, 0.29) is 10.2 Å². The predicted molar refractivity (Wildman–Crippen MR) is 68.9 cm³/mol. The van der Waals surface area contributed by atoms with E-state index in [1.165, 1.54) is 33.1 Å². The summed E-state index contributed by atoms with van der Waals surface area (Å²) in [6.45, 7) is 2.93. The highest BCUT2D eigenvalue weighted by atomic mass is 79.9. The molecule has 0 radical (unpaired) electrons. The topological polar surface area (TPSA) is 38.3 Å². The summed E-state index contributed by atoms with van der Waals surface area (Å²) in [7, 11) is 1.31. The van der Waals surface area contributed by atoms with Crippen molar-refractivity contribution in [3.63, 3.8) is 0 Å². The summed E-state index contributed by atoms with van der Waals surface area (Å²) in [5.74, 6) is -0.650. The Morgan fingerprint density at radius 3 is 2.37 bits per heavy atom. The second kappa shape index (κ2) is 5.50. The zero-order valence-corrected chi connectivity index (χ0v) is 12.1. The number of hydrogen-bond acceptors (Lipinski definition) is 2. The van der Waals surface area contributed by atoms with E-state index < -0.39 is 23.2 Å². The van der Waals surface area contributed by atoms with Crippen molar-refractivity contribution < 1.29 is 22.7 Å². The molecule has 0 unspecified atom stereocenters. The van der Waals surface area contributed by atoms with Crippen molar-refractivity contribution in [2.75, 3.05) is 12.4 Å². The molecule has 1 N–H and O–H groups in total. The molecule has 7 heteroatoms. The van der Waals surface area contributed by atoms with Crippen LogP contribution in [-0.2, 0) is 15.7 Å². The van der Waals surface area contributed by atoms with Gasteiger partial charge >= 0.3 is 6.18 Å². The van der Waals surface area contributed by atoms with Crippen molar-refractivity contribution in [2.24, 2.45) is 0 Å². The zero-order chi connectivity index (χ0) is 14.8. The molecule has 19 heavy (non-hydrogen) atoms. The van der Waals surface area contributed by atoms with Gasteiger partial charge in [-0.25, -0.2) is 0 Å². The number of carbonyl (C=O) groups excluding carboxylic acids is 1. The van der Waals surface area contributed by atoms with E-state index in [1.54, 1.807) is 0 Å². The third-order valence-electron chi connectivity index (χ3n) is 2.59. The highest BCUT2D eigenvalue weighted by Gasteiger charge is 2.35. The average molecular weight is 340 g/mol. The maximum absolute atomic E-state index is 12.9. The fraction of sp³-hybridized carbons (Fsp3) is 0.417. The van der Waals surface area contributed by atoms with E-state index in [0.717, 1.165) is 6.07 Å². The molecule has 0 atom stereocenters. The molecule has 0 aliphatic heterocycles. The van der Waals surface area contributed by atoms with Crippen LogP contribution in [0.4, 0.5) is 18.9 Å². The molecule has 0 fully saturated rings. The van der Waals surface area contributed by atoms with Crippen LogP contribution in [0, 0.1) is 0 Å². The summed E-state index contributed by atoms with van der Waals surface area (Å²) in [6, 6.07) is 3.52. The molecular weight excluding hydrogens is 327 g/mol. The van der Waals surface area contributed by atoms with Crippen molar-refractivity contribution in [1.82, 2.24) is 0 Å². The summed E-state index contributed by atoms with van der Waals surface area (Å²) < 4.78 is 43.8. The molecular formula is C12H13BrF3NO2. The Kier molecular flexibility index (Phi) is 4.63. The van der Waals surface area contributed by atoms with Gasteiger partial charge in [-0.2, -0.15) is 13.2 Å². The monoisotopic (exact) mass is 339 g/mol. The number of carbonyl (C=O) groups is 1. The summed E-state index contributed by atoms with van der Waals surface area (Å²) in [5.41, 5.74) is -2.43. The van der Waals surface area contributed by atoms with E-state index in [9.17, 15) is 18.0 Å². The second-order valence-corrected chi connectivity index (χ2v) is 5.27. The Hall–Kier alpha value is -1.08. The van der Waals surface area contributed by atoms with Crippen molar-refractivity contribution in [2.45, 2.75) is 25.6 Å². The lowest BCUT2D eigenvalue weighted by Crippen LogP contribution is -2.39. The summed E-state index contributed by atoms with van der Waals surface area (Å²) in [5, 5.41) is 2.23. The number of rotatable bonds is 3.